The van der Waals surface area contributed by atoms with Crippen molar-refractivity contribution in [2.45, 2.75) is 38.4 Å². The number of rotatable bonds is 12. The van der Waals surface area contributed by atoms with Gasteiger partial charge in [0.2, 0.25) is 5.91 Å². The monoisotopic (exact) mass is 497 g/mol. The maximum atomic E-state index is 12.3. The van der Waals surface area contributed by atoms with Crippen LogP contribution in [0.3, 0.4) is 0 Å². The summed E-state index contributed by atoms with van der Waals surface area (Å²) in [6, 6.07) is 14.9. The van der Waals surface area contributed by atoms with Gasteiger partial charge in [-0.3, -0.25) is 9.59 Å². The highest BCUT2D eigenvalue weighted by Crippen LogP contribution is 2.19. The number of hydrogen-bond acceptors (Lipinski definition) is 7. The lowest BCUT2D eigenvalue weighted by molar-refractivity contribution is -0.123. The molecule has 2 N–H and O–H groups in total. The zero-order chi connectivity index (χ0) is 25.2. The Kier molecular flexibility index (Phi) is 9.54. The Bertz CT molecular complexity index is 1110. The van der Waals surface area contributed by atoms with Crippen molar-refractivity contribution >= 4 is 29.3 Å². The Morgan fingerprint density at radius 1 is 0.971 bits per heavy atom. The van der Waals surface area contributed by atoms with Crippen LogP contribution in [0.4, 0.5) is 5.69 Å². The Balaban J connectivity index is 1.41. The number of aromatic nitrogens is 3. The Morgan fingerprint density at radius 3 is 2.29 bits per heavy atom. The van der Waals surface area contributed by atoms with Gasteiger partial charge in [-0.2, -0.15) is 0 Å². The molecule has 9 nitrogen and oxygen atoms in total. The molecule has 0 spiro atoms. The minimum absolute atomic E-state index is 0.0911. The molecule has 0 bridgehead atoms. The van der Waals surface area contributed by atoms with Gasteiger partial charge in [0.1, 0.15) is 11.5 Å². The lowest BCUT2D eigenvalue weighted by Gasteiger charge is -2.09. The van der Waals surface area contributed by atoms with Crippen molar-refractivity contribution in [1.29, 1.82) is 0 Å². The third-order valence-electron chi connectivity index (χ3n) is 5.07. The lowest BCUT2D eigenvalue weighted by Crippen LogP contribution is -2.29. The van der Waals surface area contributed by atoms with E-state index >= 15 is 0 Å². The van der Waals surface area contributed by atoms with Crippen LogP contribution in [0, 0.1) is 0 Å². The molecule has 3 aromatic rings. The molecule has 0 fully saturated rings. The molecule has 0 saturated carbocycles. The third-order valence-corrected chi connectivity index (χ3v) is 6.09. The second kappa shape index (κ2) is 12.8. The van der Waals surface area contributed by atoms with Gasteiger partial charge in [0.05, 0.1) is 18.9 Å². The molecule has 1 aromatic heterocycles. The van der Waals surface area contributed by atoms with E-state index in [1.54, 1.807) is 23.7 Å². The van der Waals surface area contributed by atoms with Crippen molar-refractivity contribution in [2.24, 2.45) is 7.05 Å². The van der Waals surface area contributed by atoms with Gasteiger partial charge in [-0.1, -0.05) is 37.7 Å². The molecule has 0 atom stereocenters. The molecule has 1 heterocycles. The topological polar surface area (TPSA) is 107 Å². The van der Waals surface area contributed by atoms with Crippen molar-refractivity contribution in [3.63, 3.8) is 0 Å². The van der Waals surface area contributed by atoms with Gasteiger partial charge in [-0.15, -0.1) is 10.2 Å². The molecule has 0 aliphatic carbocycles. The first kappa shape index (κ1) is 26.1. The normalized spacial score (nSPS) is 10.8. The summed E-state index contributed by atoms with van der Waals surface area (Å²) in [5.41, 5.74) is 1.91. The Morgan fingerprint density at radius 2 is 1.63 bits per heavy atom. The number of nitrogens with one attached hydrogen (secondary N) is 2. The quantitative estimate of drug-likeness (QED) is 0.367. The van der Waals surface area contributed by atoms with Crippen LogP contribution in [0.25, 0.3) is 0 Å². The van der Waals surface area contributed by atoms with Crippen LogP contribution < -0.4 is 20.1 Å². The van der Waals surface area contributed by atoms with Gasteiger partial charge in [-0.25, -0.2) is 0 Å². The van der Waals surface area contributed by atoms with Gasteiger partial charge in [0.15, 0.2) is 17.6 Å². The molecule has 0 unspecified atom stereocenters. The molecule has 0 radical (unpaired) electrons. The molecule has 10 heteroatoms. The fraction of sp³-hybridized carbons (Fsp3) is 0.360. The maximum absolute atomic E-state index is 12.3. The fourth-order valence-electron chi connectivity index (χ4n) is 3.08. The lowest BCUT2D eigenvalue weighted by atomic mass is 10.0. The second-order valence-corrected chi connectivity index (χ2v) is 8.98. The first-order valence-electron chi connectivity index (χ1n) is 11.4. The number of benzene rings is 2. The van der Waals surface area contributed by atoms with Gasteiger partial charge < -0.3 is 24.7 Å². The van der Waals surface area contributed by atoms with Crippen LogP contribution >= 0.6 is 11.8 Å². The Hall–Kier alpha value is -3.53. The van der Waals surface area contributed by atoms with Crippen LogP contribution in [0.1, 0.15) is 38.1 Å². The van der Waals surface area contributed by atoms with Crippen LogP contribution in [0.5, 0.6) is 11.5 Å². The van der Waals surface area contributed by atoms with Gasteiger partial charge in [0, 0.05) is 12.7 Å². The third kappa shape index (κ3) is 8.03. The molecule has 3 rings (SSSR count). The van der Waals surface area contributed by atoms with E-state index in [1.165, 1.54) is 17.3 Å². The average molecular weight is 498 g/mol. The van der Waals surface area contributed by atoms with Gasteiger partial charge in [-0.05, 0) is 54.8 Å². The summed E-state index contributed by atoms with van der Waals surface area (Å²) in [4.78, 5) is 24.4. The van der Waals surface area contributed by atoms with E-state index in [0.29, 0.717) is 34.9 Å². The maximum Gasteiger partial charge on any atom is 0.258 e. The molecule has 0 aliphatic rings. The second-order valence-electron chi connectivity index (χ2n) is 8.04. The highest BCUT2D eigenvalue weighted by Gasteiger charge is 2.13. The molecule has 0 saturated heterocycles. The van der Waals surface area contributed by atoms with Crippen LogP contribution in [-0.4, -0.2) is 45.5 Å². The van der Waals surface area contributed by atoms with Crippen molar-refractivity contribution in [1.82, 2.24) is 20.1 Å². The number of hydrogen-bond donors (Lipinski definition) is 2. The highest BCUT2D eigenvalue weighted by molar-refractivity contribution is 7.99. The van der Waals surface area contributed by atoms with Gasteiger partial charge >= 0.3 is 0 Å². The van der Waals surface area contributed by atoms with Crippen molar-refractivity contribution in [3.8, 4) is 11.5 Å². The molecule has 35 heavy (non-hydrogen) atoms. The smallest absolute Gasteiger partial charge is 0.258 e. The van der Waals surface area contributed by atoms with E-state index in [0.717, 1.165) is 5.75 Å². The van der Waals surface area contributed by atoms with E-state index in [4.69, 9.17) is 9.47 Å². The standard InChI is InChI=1S/C25H31N5O4S/c1-5-33-20-12-8-19(9-13-20)27-24(32)16-35-25-29-28-22(30(25)4)14-26-23(31)15-34-21-10-6-18(7-11-21)17(2)3/h6-13,17H,5,14-16H2,1-4H3,(H,26,31)(H,27,32). The first-order valence-corrected chi connectivity index (χ1v) is 12.4. The van der Waals surface area contributed by atoms with E-state index in [1.807, 2.05) is 43.3 Å². The van der Waals surface area contributed by atoms with E-state index in [-0.39, 0.29) is 30.7 Å². The number of carbonyl (C=O) groups excluding carboxylic acids is 2. The van der Waals surface area contributed by atoms with Crippen LogP contribution in [-0.2, 0) is 23.2 Å². The summed E-state index contributed by atoms with van der Waals surface area (Å²) in [5.74, 6) is 2.18. The van der Waals surface area contributed by atoms with Crippen molar-refractivity contribution < 1.29 is 19.1 Å². The molecule has 0 aliphatic heterocycles. The molecular weight excluding hydrogens is 466 g/mol. The minimum atomic E-state index is -0.259. The number of thioether (sulfide) groups is 1. The largest absolute Gasteiger partial charge is 0.494 e. The van der Waals surface area contributed by atoms with Crippen LogP contribution in [0.2, 0.25) is 0 Å². The van der Waals surface area contributed by atoms with E-state index in [2.05, 4.69) is 34.7 Å². The number of nitrogens with zero attached hydrogens (tertiary/aromatic N) is 3. The fourth-order valence-corrected chi connectivity index (χ4v) is 3.81. The number of amides is 2. The SMILES string of the molecule is CCOc1ccc(NC(=O)CSc2nnc(CNC(=O)COc3ccc(C(C)C)cc3)n2C)cc1. The van der Waals surface area contributed by atoms with Crippen molar-refractivity contribution in [2.75, 3.05) is 24.3 Å². The zero-order valence-electron chi connectivity index (χ0n) is 20.4. The van der Waals surface area contributed by atoms with Gasteiger partial charge in [0.25, 0.3) is 5.91 Å². The number of ether oxygens (including phenoxy) is 2. The number of carbonyl (C=O) groups is 2. The predicted octanol–water partition coefficient (Wildman–Crippen LogP) is 3.76. The number of anilines is 1. The molecule has 2 aromatic carbocycles. The minimum Gasteiger partial charge on any atom is -0.494 e. The Labute approximate surface area is 209 Å². The summed E-state index contributed by atoms with van der Waals surface area (Å²) >= 11 is 1.27. The van der Waals surface area contributed by atoms with Crippen LogP contribution in [0.15, 0.2) is 53.7 Å². The summed E-state index contributed by atoms with van der Waals surface area (Å²) < 4.78 is 12.7. The highest BCUT2D eigenvalue weighted by atomic mass is 32.2. The van der Waals surface area contributed by atoms with Crippen molar-refractivity contribution in [3.05, 3.63) is 59.9 Å². The van der Waals surface area contributed by atoms with E-state index in [9.17, 15) is 9.59 Å². The summed E-state index contributed by atoms with van der Waals surface area (Å²) in [7, 11) is 1.79. The summed E-state index contributed by atoms with van der Waals surface area (Å²) in [5, 5.41) is 14.4. The molecule has 2 amide bonds. The average Bonchev–Trinajstić information content (AvgIpc) is 3.21. The summed E-state index contributed by atoms with van der Waals surface area (Å²) in [6.45, 7) is 6.87. The molecular formula is C25H31N5O4S. The molecule has 186 valence electrons. The first-order chi connectivity index (χ1) is 16.9. The predicted molar refractivity (Wildman–Crippen MR) is 136 cm³/mol. The zero-order valence-corrected chi connectivity index (χ0v) is 21.2. The van der Waals surface area contributed by atoms with E-state index < -0.39 is 0 Å². The summed E-state index contributed by atoms with van der Waals surface area (Å²) in [6.07, 6.45) is 0.